The van der Waals surface area contributed by atoms with E-state index in [9.17, 15) is 4.79 Å². The fraction of sp³-hybridized carbons (Fsp3) is 0.167. The first-order valence-corrected chi connectivity index (χ1v) is 9.87. The second kappa shape index (κ2) is 7.53. The molecule has 0 atom stereocenters. The highest BCUT2D eigenvalue weighted by Crippen LogP contribution is 2.26. The van der Waals surface area contributed by atoms with Gasteiger partial charge < -0.3 is 10.3 Å². The molecular formula is C24H22N4O. The molecule has 0 spiro atoms. The number of anilines is 1. The van der Waals surface area contributed by atoms with Gasteiger partial charge in [-0.1, -0.05) is 48.5 Å². The number of pyridine rings is 1. The fourth-order valence-corrected chi connectivity index (χ4v) is 4.02. The molecule has 2 aromatic heterocycles. The van der Waals surface area contributed by atoms with Gasteiger partial charge in [0, 0.05) is 36.7 Å². The van der Waals surface area contributed by atoms with Crippen LogP contribution in [0.5, 0.6) is 0 Å². The Morgan fingerprint density at radius 2 is 1.90 bits per heavy atom. The molecule has 4 aromatic rings. The monoisotopic (exact) mass is 382 g/mol. The Morgan fingerprint density at radius 3 is 2.76 bits per heavy atom. The summed E-state index contributed by atoms with van der Waals surface area (Å²) in [6.45, 7) is 2.72. The van der Waals surface area contributed by atoms with Crippen LogP contribution in [-0.2, 0) is 19.5 Å². The summed E-state index contributed by atoms with van der Waals surface area (Å²) in [6, 6.07) is 20.3. The summed E-state index contributed by atoms with van der Waals surface area (Å²) in [4.78, 5) is 22.8. The largest absolute Gasteiger partial charge is 0.351 e. The Balaban J connectivity index is 1.33. The molecule has 5 heteroatoms. The number of hydrogen-bond acceptors (Lipinski definition) is 3. The van der Waals surface area contributed by atoms with Crippen molar-refractivity contribution < 1.29 is 4.79 Å². The number of para-hydroxylation sites is 1. The highest BCUT2D eigenvalue weighted by molar-refractivity contribution is 6.06. The Labute approximate surface area is 169 Å². The number of H-pyrrole nitrogens is 1. The van der Waals surface area contributed by atoms with Crippen LogP contribution in [0.15, 0.2) is 73.1 Å². The average molecular weight is 382 g/mol. The van der Waals surface area contributed by atoms with E-state index in [4.69, 9.17) is 0 Å². The zero-order valence-electron chi connectivity index (χ0n) is 16.1. The van der Waals surface area contributed by atoms with Gasteiger partial charge in [-0.15, -0.1) is 0 Å². The van der Waals surface area contributed by atoms with Crippen LogP contribution >= 0.6 is 0 Å². The number of fused-ring (bicyclic) bond motifs is 2. The van der Waals surface area contributed by atoms with Gasteiger partial charge in [0.05, 0.1) is 11.9 Å². The summed E-state index contributed by atoms with van der Waals surface area (Å²) < 4.78 is 0. The van der Waals surface area contributed by atoms with E-state index in [1.54, 1.807) is 6.20 Å². The van der Waals surface area contributed by atoms with Crippen molar-refractivity contribution in [3.05, 3.63) is 95.4 Å². The van der Waals surface area contributed by atoms with Crippen molar-refractivity contribution in [2.45, 2.75) is 19.5 Å². The van der Waals surface area contributed by atoms with Crippen molar-refractivity contribution in [3.63, 3.8) is 0 Å². The maximum Gasteiger partial charge on any atom is 0.272 e. The maximum atomic E-state index is 12.8. The Bertz CT molecular complexity index is 1130. The number of carbonyl (C=O) groups excluding carboxylic acids is 1. The molecule has 5 rings (SSSR count). The van der Waals surface area contributed by atoms with Gasteiger partial charge in [0.2, 0.25) is 0 Å². The third kappa shape index (κ3) is 3.65. The first-order chi connectivity index (χ1) is 14.3. The first kappa shape index (κ1) is 17.6. The third-order valence-corrected chi connectivity index (χ3v) is 5.49. The van der Waals surface area contributed by atoms with E-state index >= 15 is 0 Å². The van der Waals surface area contributed by atoms with Gasteiger partial charge in [0.15, 0.2) is 0 Å². The number of amides is 1. The highest BCUT2D eigenvalue weighted by Gasteiger charge is 2.21. The van der Waals surface area contributed by atoms with Crippen molar-refractivity contribution in [2.24, 2.45) is 0 Å². The molecule has 1 aliphatic rings. The van der Waals surface area contributed by atoms with Crippen molar-refractivity contribution in [3.8, 4) is 0 Å². The second-order valence-electron chi connectivity index (χ2n) is 7.50. The van der Waals surface area contributed by atoms with Crippen LogP contribution in [0.3, 0.4) is 0 Å². The van der Waals surface area contributed by atoms with Crippen LogP contribution in [0.4, 0.5) is 5.69 Å². The number of rotatable bonds is 4. The van der Waals surface area contributed by atoms with Crippen LogP contribution in [0.2, 0.25) is 0 Å². The molecule has 5 nitrogen and oxygen atoms in total. The molecule has 1 amide bonds. The number of nitrogens with one attached hydrogen (secondary N) is 2. The van der Waals surface area contributed by atoms with Crippen LogP contribution in [0, 0.1) is 0 Å². The minimum Gasteiger partial charge on any atom is -0.351 e. The molecule has 29 heavy (non-hydrogen) atoms. The van der Waals surface area contributed by atoms with E-state index in [-0.39, 0.29) is 5.91 Å². The number of aromatic amines is 1. The third-order valence-electron chi connectivity index (χ3n) is 5.49. The SMILES string of the molecule is O=C(Nc1cncc2c1CCN(Cc1ccccc1)C2)c1cc2ccccc2[nH]1. The van der Waals surface area contributed by atoms with E-state index in [0.29, 0.717) is 5.69 Å². The molecule has 1 aliphatic heterocycles. The van der Waals surface area contributed by atoms with Crippen LogP contribution < -0.4 is 5.32 Å². The summed E-state index contributed by atoms with van der Waals surface area (Å²) in [5, 5.41) is 4.09. The smallest absolute Gasteiger partial charge is 0.272 e. The number of nitrogens with zero attached hydrogens (tertiary/aromatic N) is 2. The quantitative estimate of drug-likeness (QED) is 0.551. The Hall–Kier alpha value is -3.44. The standard InChI is InChI=1S/C24H22N4O/c29-24(22-12-18-8-4-5-9-21(18)26-22)27-23-14-25-13-19-16-28(11-10-20(19)23)15-17-6-2-1-3-7-17/h1-9,12-14,26H,10-11,15-16H2,(H,27,29). The molecule has 2 N–H and O–H groups in total. The maximum absolute atomic E-state index is 12.8. The lowest BCUT2D eigenvalue weighted by atomic mass is 9.99. The number of carbonyl (C=O) groups is 1. The molecule has 144 valence electrons. The predicted molar refractivity (Wildman–Crippen MR) is 115 cm³/mol. The van der Waals surface area contributed by atoms with Crippen molar-refractivity contribution in [2.75, 3.05) is 11.9 Å². The van der Waals surface area contributed by atoms with Crippen molar-refractivity contribution >= 4 is 22.5 Å². The summed E-state index contributed by atoms with van der Waals surface area (Å²) in [7, 11) is 0. The van der Waals surface area contributed by atoms with Crippen molar-refractivity contribution in [1.29, 1.82) is 0 Å². The van der Waals surface area contributed by atoms with Gasteiger partial charge in [-0.3, -0.25) is 14.7 Å². The van der Waals surface area contributed by atoms with Crippen molar-refractivity contribution in [1.82, 2.24) is 14.9 Å². The van der Waals surface area contributed by atoms with Gasteiger partial charge in [0.1, 0.15) is 5.69 Å². The molecule has 2 aromatic carbocycles. The van der Waals surface area contributed by atoms with Crippen LogP contribution in [-0.4, -0.2) is 27.3 Å². The lowest BCUT2D eigenvalue weighted by Gasteiger charge is -2.29. The zero-order valence-corrected chi connectivity index (χ0v) is 16.1. The topological polar surface area (TPSA) is 61.0 Å². The summed E-state index contributed by atoms with van der Waals surface area (Å²) in [6.07, 6.45) is 4.57. The molecule has 0 radical (unpaired) electrons. The van der Waals surface area contributed by atoms with Crippen LogP contribution in [0.25, 0.3) is 10.9 Å². The predicted octanol–water partition coefficient (Wildman–Crippen LogP) is 4.37. The van der Waals surface area contributed by atoms with Gasteiger partial charge in [-0.2, -0.15) is 0 Å². The van der Waals surface area contributed by atoms with E-state index in [1.807, 2.05) is 42.6 Å². The fourth-order valence-electron chi connectivity index (χ4n) is 4.02. The van der Waals surface area contributed by atoms with E-state index in [1.165, 1.54) is 16.7 Å². The first-order valence-electron chi connectivity index (χ1n) is 9.87. The lowest BCUT2D eigenvalue weighted by Crippen LogP contribution is -2.31. The number of hydrogen-bond donors (Lipinski definition) is 2. The molecular weight excluding hydrogens is 360 g/mol. The van der Waals surface area contributed by atoms with Crippen LogP contribution in [0.1, 0.15) is 27.2 Å². The molecule has 3 heterocycles. The molecule has 0 saturated carbocycles. The molecule has 0 bridgehead atoms. The molecule has 0 saturated heterocycles. The summed E-state index contributed by atoms with van der Waals surface area (Å²) in [5.74, 6) is -0.136. The Kier molecular flexibility index (Phi) is 4.58. The normalized spacial score (nSPS) is 13.9. The van der Waals surface area contributed by atoms with Gasteiger partial charge in [-0.25, -0.2) is 0 Å². The lowest BCUT2D eigenvalue weighted by molar-refractivity contribution is 0.102. The van der Waals surface area contributed by atoms with Gasteiger partial charge >= 0.3 is 0 Å². The van der Waals surface area contributed by atoms with E-state index in [2.05, 4.69) is 44.5 Å². The molecule has 0 aliphatic carbocycles. The van der Waals surface area contributed by atoms with Gasteiger partial charge in [0.25, 0.3) is 5.91 Å². The number of aromatic nitrogens is 2. The van der Waals surface area contributed by atoms with Gasteiger partial charge in [-0.05, 0) is 35.2 Å². The molecule has 0 fully saturated rings. The summed E-state index contributed by atoms with van der Waals surface area (Å²) >= 11 is 0. The average Bonchev–Trinajstić information content (AvgIpc) is 3.19. The minimum atomic E-state index is -0.136. The number of benzene rings is 2. The summed E-state index contributed by atoms with van der Waals surface area (Å²) in [5.41, 5.74) is 6.01. The second-order valence-corrected chi connectivity index (χ2v) is 7.50. The van der Waals surface area contributed by atoms with E-state index < -0.39 is 0 Å². The molecule has 0 unspecified atom stereocenters. The minimum absolute atomic E-state index is 0.136. The van der Waals surface area contributed by atoms with E-state index in [0.717, 1.165) is 42.6 Å². The zero-order chi connectivity index (χ0) is 19.6. The Morgan fingerprint density at radius 1 is 1.07 bits per heavy atom. The highest BCUT2D eigenvalue weighted by atomic mass is 16.1.